The maximum absolute atomic E-state index is 12.4. The summed E-state index contributed by atoms with van der Waals surface area (Å²) in [6.45, 7) is 0. The van der Waals surface area contributed by atoms with Crippen LogP contribution in [0.5, 0.6) is 0 Å². The molecule has 2 amide bonds. The molecule has 4 heteroatoms. The molecule has 1 aliphatic heterocycles. The van der Waals surface area contributed by atoms with Crippen molar-refractivity contribution < 1.29 is 14.0 Å². The lowest BCUT2D eigenvalue weighted by Crippen LogP contribution is -2.28. The average molecular weight is 289 g/mol. The summed E-state index contributed by atoms with van der Waals surface area (Å²) in [5.41, 5.74) is 1.71. The van der Waals surface area contributed by atoms with Gasteiger partial charge in [0.1, 0.15) is 5.76 Å². The number of nitrogens with zero attached hydrogens (tertiary/aromatic N) is 1. The van der Waals surface area contributed by atoms with Crippen LogP contribution in [0.4, 0.5) is 5.88 Å². The van der Waals surface area contributed by atoms with E-state index in [1.165, 1.54) is 0 Å². The number of hydrogen-bond acceptors (Lipinski definition) is 3. The van der Waals surface area contributed by atoms with Gasteiger partial charge in [-0.1, -0.05) is 42.5 Å². The summed E-state index contributed by atoms with van der Waals surface area (Å²) < 4.78 is 5.71. The van der Waals surface area contributed by atoms with Gasteiger partial charge in [0.05, 0.1) is 11.1 Å². The van der Waals surface area contributed by atoms with E-state index in [1.807, 2.05) is 30.3 Å². The van der Waals surface area contributed by atoms with Crippen molar-refractivity contribution in [1.29, 1.82) is 0 Å². The number of anilines is 1. The molecule has 22 heavy (non-hydrogen) atoms. The highest BCUT2D eigenvalue weighted by Crippen LogP contribution is 2.32. The van der Waals surface area contributed by atoms with E-state index in [2.05, 4.69) is 0 Å². The van der Waals surface area contributed by atoms with E-state index in [1.54, 1.807) is 36.4 Å². The van der Waals surface area contributed by atoms with Crippen LogP contribution in [-0.2, 0) is 0 Å². The molecule has 1 aliphatic rings. The monoisotopic (exact) mass is 289 g/mol. The molecular weight excluding hydrogens is 278 g/mol. The number of amides is 2. The number of hydrogen-bond donors (Lipinski definition) is 0. The number of benzene rings is 2. The fraction of sp³-hybridized carbons (Fsp3) is 0. The van der Waals surface area contributed by atoms with Crippen LogP contribution >= 0.6 is 0 Å². The van der Waals surface area contributed by atoms with Crippen LogP contribution in [0, 0.1) is 0 Å². The van der Waals surface area contributed by atoms with E-state index < -0.39 is 0 Å². The second kappa shape index (κ2) is 4.70. The second-order valence-electron chi connectivity index (χ2n) is 5.00. The van der Waals surface area contributed by atoms with Gasteiger partial charge < -0.3 is 4.42 Å². The largest absolute Gasteiger partial charge is 0.440 e. The Labute approximate surface area is 126 Å². The molecule has 0 atom stereocenters. The number of imide groups is 1. The maximum Gasteiger partial charge on any atom is 0.268 e. The summed E-state index contributed by atoms with van der Waals surface area (Å²) in [5.74, 6) is 0.154. The molecule has 2 aromatic carbocycles. The first-order chi connectivity index (χ1) is 10.8. The third kappa shape index (κ3) is 1.78. The number of furan rings is 1. The van der Waals surface area contributed by atoms with Crippen molar-refractivity contribution >= 4 is 17.7 Å². The molecule has 0 aliphatic carbocycles. The lowest BCUT2D eigenvalue weighted by atomic mass is 10.1. The minimum absolute atomic E-state index is 0.241. The van der Waals surface area contributed by atoms with Crippen molar-refractivity contribution in [1.82, 2.24) is 0 Å². The fourth-order valence-corrected chi connectivity index (χ4v) is 2.59. The molecule has 0 unspecified atom stereocenters. The predicted octanol–water partition coefficient (Wildman–Crippen LogP) is 3.75. The highest BCUT2D eigenvalue weighted by Gasteiger charge is 2.38. The second-order valence-corrected chi connectivity index (χ2v) is 5.00. The van der Waals surface area contributed by atoms with Crippen LogP contribution in [-0.4, -0.2) is 11.8 Å². The smallest absolute Gasteiger partial charge is 0.268 e. The molecule has 2 heterocycles. The van der Waals surface area contributed by atoms with Crippen molar-refractivity contribution in [3.8, 4) is 11.3 Å². The van der Waals surface area contributed by atoms with Gasteiger partial charge in [0.25, 0.3) is 11.8 Å². The average Bonchev–Trinajstić information content (AvgIpc) is 3.13. The summed E-state index contributed by atoms with van der Waals surface area (Å²) in [5, 5.41) is 0. The van der Waals surface area contributed by atoms with Crippen LogP contribution in [0.25, 0.3) is 11.3 Å². The highest BCUT2D eigenvalue weighted by molar-refractivity contribution is 6.34. The molecule has 0 bridgehead atoms. The van der Waals surface area contributed by atoms with Crippen molar-refractivity contribution in [2.75, 3.05) is 4.90 Å². The van der Waals surface area contributed by atoms with Crippen LogP contribution in [0.3, 0.4) is 0 Å². The van der Waals surface area contributed by atoms with E-state index in [0.29, 0.717) is 16.9 Å². The molecule has 0 saturated carbocycles. The Balaban J connectivity index is 1.74. The SMILES string of the molecule is O=C1c2ccccc2C(=O)N1c1ccc(-c2ccccc2)o1. The van der Waals surface area contributed by atoms with Gasteiger partial charge in [0.15, 0.2) is 0 Å². The molecule has 0 radical (unpaired) electrons. The van der Waals surface area contributed by atoms with Crippen molar-refractivity contribution in [3.05, 3.63) is 77.9 Å². The first kappa shape index (κ1) is 12.6. The van der Waals surface area contributed by atoms with E-state index in [-0.39, 0.29) is 17.7 Å². The van der Waals surface area contributed by atoms with Crippen LogP contribution in [0.1, 0.15) is 20.7 Å². The summed E-state index contributed by atoms with van der Waals surface area (Å²) in [6, 6.07) is 19.7. The van der Waals surface area contributed by atoms with Crippen LogP contribution < -0.4 is 4.90 Å². The molecule has 4 rings (SSSR count). The number of carbonyl (C=O) groups is 2. The van der Waals surface area contributed by atoms with Crippen molar-refractivity contribution in [2.45, 2.75) is 0 Å². The zero-order chi connectivity index (χ0) is 15.1. The first-order valence-corrected chi connectivity index (χ1v) is 6.89. The molecule has 0 saturated heterocycles. The highest BCUT2D eigenvalue weighted by atomic mass is 16.4. The number of fused-ring (bicyclic) bond motifs is 1. The van der Waals surface area contributed by atoms with E-state index in [0.717, 1.165) is 10.5 Å². The Morgan fingerprint density at radius 3 is 1.91 bits per heavy atom. The molecule has 1 aromatic heterocycles. The van der Waals surface area contributed by atoms with Gasteiger partial charge in [-0.05, 0) is 18.2 Å². The Morgan fingerprint density at radius 2 is 1.27 bits per heavy atom. The standard InChI is InChI=1S/C18H11NO3/c20-17-13-8-4-5-9-14(13)18(21)19(17)16-11-10-15(22-16)12-6-2-1-3-7-12/h1-11H. The summed E-state index contributed by atoms with van der Waals surface area (Å²) in [7, 11) is 0. The number of carbonyl (C=O) groups excluding carboxylic acids is 2. The topological polar surface area (TPSA) is 50.5 Å². The number of rotatable bonds is 2. The minimum atomic E-state index is -0.352. The van der Waals surface area contributed by atoms with Gasteiger partial charge in [-0.25, -0.2) is 4.90 Å². The maximum atomic E-state index is 12.4. The molecule has 0 fully saturated rings. The van der Waals surface area contributed by atoms with Crippen molar-refractivity contribution in [3.63, 3.8) is 0 Å². The fourth-order valence-electron chi connectivity index (χ4n) is 2.59. The third-order valence-electron chi connectivity index (χ3n) is 3.66. The molecule has 0 N–H and O–H groups in total. The van der Waals surface area contributed by atoms with Gasteiger partial charge in [0, 0.05) is 11.6 Å². The Hall–Kier alpha value is -3.14. The van der Waals surface area contributed by atoms with E-state index >= 15 is 0 Å². The molecule has 3 aromatic rings. The van der Waals surface area contributed by atoms with Gasteiger partial charge in [-0.2, -0.15) is 0 Å². The first-order valence-electron chi connectivity index (χ1n) is 6.89. The normalized spacial score (nSPS) is 13.5. The summed E-state index contributed by atoms with van der Waals surface area (Å²) in [6.07, 6.45) is 0. The van der Waals surface area contributed by atoms with Gasteiger partial charge >= 0.3 is 0 Å². The van der Waals surface area contributed by atoms with E-state index in [4.69, 9.17) is 4.42 Å². The zero-order valence-electron chi connectivity index (χ0n) is 11.5. The van der Waals surface area contributed by atoms with Gasteiger partial charge in [-0.3, -0.25) is 9.59 Å². The van der Waals surface area contributed by atoms with Gasteiger partial charge in [0.2, 0.25) is 5.88 Å². The van der Waals surface area contributed by atoms with E-state index in [9.17, 15) is 9.59 Å². The van der Waals surface area contributed by atoms with Crippen LogP contribution in [0.2, 0.25) is 0 Å². The minimum Gasteiger partial charge on any atom is -0.440 e. The predicted molar refractivity (Wildman–Crippen MR) is 81.7 cm³/mol. The molecular formula is C18H11NO3. The Kier molecular flexibility index (Phi) is 2.69. The molecule has 106 valence electrons. The summed E-state index contributed by atoms with van der Waals surface area (Å²) in [4.78, 5) is 25.9. The molecule has 0 spiro atoms. The van der Waals surface area contributed by atoms with Crippen LogP contribution in [0.15, 0.2) is 71.1 Å². The quantitative estimate of drug-likeness (QED) is 0.675. The zero-order valence-corrected chi connectivity index (χ0v) is 11.5. The Bertz CT molecular complexity index is 845. The lowest BCUT2D eigenvalue weighted by Gasteiger charge is -2.09. The lowest BCUT2D eigenvalue weighted by molar-refractivity contribution is 0.0920. The Morgan fingerprint density at radius 1 is 0.682 bits per heavy atom. The van der Waals surface area contributed by atoms with Gasteiger partial charge in [-0.15, -0.1) is 0 Å². The molecule has 4 nitrogen and oxygen atoms in total. The summed E-state index contributed by atoms with van der Waals surface area (Å²) >= 11 is 0. The van der Waals surface area contributed by atoms with Crippen molar-refractivity contribution in [2.24, 2.45) is 0 Å². The third-order valence-corrected chi connectivity index (χ3v) is 3.66.